The molecule has 1 aliphatic heterocycles. The summed E-state index contributed by atoms with van der Waals surface area (Å²) in [7, 11) is 0. The number of piperidine rings is 1. The van der Waals surface area contributed by atoms with Gasteiger partial charge in [-0.3, -0.25) is 4.90 Å². The lowest BCUT2D eigenvalue weighted by atomic mass is 9.97. The fraction of sp³-hybridized carbons (Fsp3) is 0.647. The SMILES string of the molecule is CC(NC1CCN(C(C)(C)C)CC1)c1ccccc1Br. The average Bonchev–Trinajstić information content (AvgIpc) is 2.38. The zero-order valence-corrected chi connectivity index (χ0v) is 14.7. The molecule has 1 aromatic rings. The minimum atomic E-state index is 0.305. The van der Waals surface area contributed by atoms with Gasteiger partial charge in [0.25, 0.3) is 0 Å². The van der Waals surface area contributed by atoms with E-state index >= 15 is 0 Å². The Morgan fingerprint density at radius 1 is 1.20 bits per heavy atom. The van der Waals surface area contributed by atoms with Crippen LogP contribution in [0.5, 0.6) is 0 Å². The van der Waals surface area contributed by atoms with Crippen molar-refractivity contribution in [3.63, 3.8) is 0 Å². The molecule has 1 fully saturated rings. The van der Waals surface area contributed by atoms with E-state index in [4.69, 9.17) is 0 Å². The van der Waals surface area contributed by atoms with Gasteiger partial charge in [-0.15, -0.1) is 0 Å². The molecular formula is C17H27BrN2. The van der Waals surface area contributed by atoms with Crippen molar-refractivity contribution in [3.8, 4) is 0 Å². The number of nitrogens with zero attached hydrogens (tertiary/aromatic N) is 1. The first-order valence-electron chi connectivity index (χ1n) is 7.63. The molecule has 2 nitrogen and oxygen atoms in total. The summed E-state index contributed by atoms with van der Waals surface area (Å²) < 4.78 is 1.20. The topological polar surface area (TPSA) is 15.3 Å². The van der Waals surface area contributed by atoms with Crippen LogP contribution in [0, 0.1) is 0 Å². The minimum absolute atomic E-state index is 0.305. The summed E-state index contributed by atoms with van der Waals surface area (Å²) in [6.07, 6.45) is 2.48. The quantitative estimate of drug-likeness (QED) is 0.880. The van der Waals surface area contributed by atoms with E-state index in [1.165, 1.54) is 36.0 Å². The lowest BCUT2D eigenvalue weighted by Gasteiger charge is -2.41. The maximum Gasteiger partial charge on any atom is 0.0305 e. The van der Waals surface area contributed by atoms with Gasteiger partial charge in [-0.2, -0.15) is 0 Å². The number of nitrogens with one attached hydrogen (secondary N) is 1. The van der Waals surface area contributed by atoms with Crippen molar-refractivity contribution in [2.45, 2.75) is 58.2 Å². The monoisotopic (exact) mass is 338 g/mol. The highest BCUT2D eigenvalue weighted by atomic mass is 79.9. The average molecular weight is 339 g/mol. The van der Waals surface area contributed by atoms with E-state index in [0.29, 0.717) is 17.6 Å². The Hall–Kier alpha value is -0.380. The normalized spacial score (nSPS) is 20.1. The maximum absolute atomic E-state index is 3.79. The molecule has 112 valence electrons. The lowest BCUT2D eigenvalue weighted by Crippen LogP contribution is -2.50. The van der Waals surface area contributed by atoms with Crippen molar-refractivity contribution in [2.24, 2.45) is 0 Å². The van der Waals surface area contributed by atoms with E-state index in [1.807, 2.05) is 0 Å². The van der Waals surface area contributed by atoms with Gasteiger partial charge < -0.3 is 5.32 Å². The van der Waals surface area contributed by atoms with Crippen LogP contribution in [0.1, 0.15) is 52.1 Å². The standard InChI is InChI=1S/C17H27BrN2/c1-13(15-7-5-6-8-16(15)18)19-14-9-11-20(12-10-14)17(2,3)4/h5-8,13-14,19H,9-12H2,1-4H3. The predicted octanol–water partition coefficient (Wildman–Crippen LogP) is 4.36. The van der Waals surface area contributed by atoms with Gasteiger partial charge in [-0.1, -0.05) is 34.1 Å². The second-order valence-electron chi connectivity index (χ2n) is 6.84. The number of rotatable bonds is 3. The molecule has 0 saturated carbocycles. The number of halogens is 1. The second kappa shape index (κ2) is 6.59. The predicted molar refractivity (Wildman–Crippen MR) is 90.0 cm³/mol. The van der Waals surface area contributed by atoms with Crippen molar-refractivity contribution in [1.82, 2.24) is 10.2 Å². The first-order chi connectivity index (χ1) is 9.38. The zero-order chi connectivity index (χ0) is 14.8. The van der Waals surface area contributed by atoms with Gasteiger partial charge in [-0.05, 0) is 52.2 Å². The maximum atomic E-state index is 3.79. The number of benzene rings is 1. The summed E-state index contributed by atoms with van der Waals surface area (Å²) in [5, 5.41) is 3.79. The third-order valence-electron chi connectivity index (χ3n) is 4.30. The lowest BCUT2D eigenvalue weighted by molar-refractivity contribution is 0.0942. The smallest absolute Gasteiger partial charge is 0.0305 e. The molecule has 0 aliphatic carbocycles. The molecule has 0 spiro atoms. The fourth-order valence-corrected chi connectivity index (χ4v) is 3.61. The van der Waals surface area contributed by atoms with Gasteiger partial charge in [-0.25, -0.2) is 0 Å². The van der Waals surface area contributed by atoms with Gasteiger partial charge in [0.1, 0.15) is 0 Å². The summed E-state index contributed by atoms with van der Waals surface area (Å²) in [4.78, 5) is 2.59. The van der Waals surface area contributed by atoms with Crippen molar-refractivity contribution >= 4 is 15.9 Å². The van der Waals surface area contributed by atoms with Crippen LogP contribution in [0.2, 0.25) is 0 Å². The minimum Gasteiger partial charge on any atom is -0.307 e. The van der Waals surface area contributed by atoms with Gasteiger partial charge in [0, 0.05) is 35.2 Å². The summed E-state index contributed by atoms with van der Waals surface area (Å²) in [6, 6.07) is 9.54. The van der Waals surface area contributed by atoms with Crippen molar-refractivity contribution in [2.75, 3.05) is 13.1 Å². The van der Waals surface area contributed by atoms with Crippen LogP contribution in [0.25, 0.3) is 0 Å². The second-order valence-corrected chi connectivity index (χ2v) is 7.70. The molecule has 20 heavy (non-hydrogen) atoms. The molecule has 1 aliphatic rings. The number of hydrogen-bond acceptors (Lipinski definition) is 2. The highest BCUT2D eigenvalue weighted by Gasteiger charge is 2.27. The van der Waals surface area contributed by atoms with Crippen LogP contribution < -0.4 is 5.32 Å². The van der Waals surface area contributed by atoms with Crippen molar-refractivity contribution in [3.05, 3.63) is 34.3 Å². The number of likely N-dealkylation sites (tertiary alicyclic amines) is 1. The van der Waals surface area contributed by atoms with E-state index in [1.54, 1.807) is 0 Å². The fourth-order valence-electron chi connectivity index (χ4n) is 2.99. The molecule has 1 saturated heterocycles. The van der Waals surface area contributed by atoms with Crippen molar-refractivity contribution < 1.29 is 0 Å². The van der Waals surface area contributed by atoms with E-state index in [0.717, 1.165) is 0 Å². The van der Waals surface area contributed by atoms with Crippen LogP contribution in [-0.2, 0) is 0 Å². The summed E-state index contributed by atoms with van der Waals surface area (Å²) in [6.45, 7) is 11.6. The molecule has 1 heterocycles. The Morgan fingerprint density at radius 2 is 1.80 bits per heavy atom. The van der Waals surface area contributed by atoms with Crippen LogP contribution in [0.4, 0.5) is 0 Å². The Bertz CT molecular complexity index is 431. The highest BCUT2D eigenvalue weighted by molar-refractivity contribution is 9.10. The molecule has 3 heteroatoms. The number of hydrogen-bond donors (Lipinski definition) is 1. The Balaban J connectivity index is 1.88. The van der Waals surface area contributed by atoms with Gasteiger partial charge in [0.15, 0.2) is 0 Å². The largest absolute Gasteiger partial charge is 0.307 e. The molecule has 1 unspecified atom stereocenters. The van der Waals surface area contributed by atoms with Gasteiger partial charge in [0.2, 0.25) is 0 Å². The van der Waals surface area contributed by atoms with Crippen molar-refractivity contribution in [1.29, 1.82) is 0 Å². The van der Waals surface area contributed by atoms with Gasteiger partial charge >= 0.3 is 0 Å². The molecule has 1 atom stereocenters. The van der Waals surface area contributed by atoms with Crippen LogP contribution in [-0.4, -0.2) is 29.6 Å². The summed E-state index contributed by atoms with van der Waals surface area (Å²) in [5.74, 6) is 0. The molecule has 1 aromatic carbocycles. The summed E-state index contributed by atoms with van der Waals surface area (Å²) in [5.41, 5.74) is 1.66. The first kappa shape index (κ1) is 16.0. The molecule has 0 amide bonds. The zero-order valence-electron chi connectivity index (χ0n) is 13.1. The Morgan fingerprint density at radius 3 is 2.35 bits per heavy atom. The molecule has 0 aromatic heterocycles. The molecule has 0 bridgehead atoms. The first-order valence-corrected chi connectivity index (χ1v) is 8.43. The molecular weight excluding hydrogens is 312 g/mol. The third-order valence-corrected chi connectivity index (χ3v) is 5.02. The highest BCUT2D eigenvalue weighted by Crippen LogP contribution is 2.25. The van der Waals surface area contributed by atoms with Gasteiger partial charge in [0.05, 0.1) is 0 Å². The van der Waals surface area contributed by atoms with E-state index < -0.39 is 0 Å². The van der Waals surface area contributed by atoms with E-state index in [-0.39, 0.29) is 0 Å². The van der Waals surface area contributed by atoms with Crippen LogP contribution in [0.3, 0.4) is 0 Å². The Kier molecular flexibility index (Phi) is 5.27. The summed E-state index contributed by atoms with van der Waals surface area (Å²) >= 11 is 3.65. The van der Waals surface area contributed by atoms with E-state index in [2.05, 4.69) is 78.1 Å². The van der Waals surface area contributed by atoms with Crippen LogP contribution in [0.15, 0.2) is 28.7 Å². The molecule has 1 N–H and O–H groups in total. The molecule has 0 radical (unpaired) electrons. The van der Waals surface area contributed by atoms with E-state index in [9.17, 15) is 0 Å². The Labute approximate surface area is 132 Å². The van der Waals surface area contributed by atoms with Crippen LogP contribution >= 0.6 is 15.9 Å². The molecule has 2 rings (SSSR count). The third kappa shape index (κ3) is 4.06.